The molecule has 1 aliphatic heterocycles. The smallest absolute Gasteiger partial charge is 0.233 e. The third kappa shape index (κ3) is 4.88. The van der Waals surface area contributed by atoms with E-state index in [-0.39, 0.29) is 5.91 Å². The van der Waals surface area contributed by atoms with Gasteiger partial charge in [0.25, 0.3) is 0 Å². The molecule has 4 rings (SSSR count). The molecule has 0 N–H and O–H groups in total. The number of aromatic nitrogens is 4. The van der Waals surface area contributed by atoms with Crippen LogP contribution >= 0.6 is 11.8 Å². The van der Waals surface area contributed by atoms with Gasteiger partial charge >= 0.3 is 0 Å². The molecule has 0 saturated carbocycles. The molecule has 1 saturated heterocycles. The molecular weight excluding hydrogens is 418 g/mol. The lowest BCUT2D eigenvalue weighted by atomic mass is 9.92. The van der Waals surface area contributed by atoms with Crippen LogP contribution in [0, 0.1) is 11.8 Å². The number of hydrogen-bond donors (Lipinski definition) is 0. The van der Waals surface area contributed by atoms with Crippen molar-refractivity contribution >= 4 is 17.7 Å². The molecule has 2 aromatic heterocycles. The highest BCUT2D eigenvalue weighted by molar-refractivity contribution is 7.99. The average molecular weight is 450 g/mol. The number of carbonyl (C=O) groups excluding carboxylic acids is 1. The van der Waals surface area contributed by atoms with Crippen LogP contribution in [0.3, 0.4) is 0 Å². The SMILES string of the molecule is CC(C)c1ccccc1-n1c(SCC(=O)N2C[C@H](C)C[C@H](C)C2)nnc1-c1cccnc1. The Morgan fingerprint density at radius 1 is 1.09 bits per heavy atom. The van der Waals surface area contributed by atoms with Crippen LogP contribution < -0.4 is 0 Å². The maximum Gasteiger partial charge on any atom is 0.233 e. The quantitative estimate of drug-likeness (QED) is 0.493. The zero-order valence-corrected chi connectivity index (χ0v) is 20.0. The Morgan fingerprint density at radius 3 is 2.53 bits per heavy atom. The number of piperidine rings is 1. The summed E-state index contributed by atoms with van der Waals surface area (Å²) < 4.78 is 2.08. The summed E-state index contributed by atoms with van der Waals surface area (Å²) in [6.45, 7) is 10.5. The summed E-state index contributed by atoms with van der Waals surface area (Å²) in [6, 6.07) is 12.2. The third-order valence-corrected chi connectivity index (χ3v) is 6.81. The number of benzene rings is 1. The summed E-state index contributed by atoms with van der Waals surface area (Å²) in [6.07, 6.45) is 4.74. The summed E-state index contributed by atoms with van der Waals surface area (Å²) in [4.78, 5) is 19.3. The maximum absolute atomic E-state index is 13.0. The van der Waals surface area contributed by atoms with E-state index in [4.69, 9.17) is 0 Å². The summed E-state index contributed by atoms with van der Waals surface area (Å²) >= 11 is 1.46. The largest absolute Gasteiger partial charge is 0.341 e. The topological polar surface area (TPSA) is 63.9 Å². The Bertz CT molecular complexity index is 1060. The lowest BCUT2D eigenvalue weighted by molar-refractivity contribution is -0.130. The number of carbonyl (C=O) groups is 1. The molecule has 6 nitrogen and oxygen atoms in total. The first-order chi connectivity index (χ1) is 15.4. The van der Waals surface area contributed by atoms with Crippen LogP contribution in [-0.2, 0) is 4.79 Å². The van der Waals surface area contributed by atoms with Crippen LogP contribution in [-0.4, -0.2) is 49.4 Å². The summed E-state index contributed by atoms with van der Waals surface area (Å²) in [7, 11) is 0. The molecule has 1 amide bonds. The van der Waals surface area contributed by atoms with Gasteiger partial charge in [-0.25, -0.2) is 0 Å². The van der Waals surface area contributed by atoms with E-state index < -0.39 is 0 Å². The van der Waals surface area contributed by atoms with Gasteiger partial charge in [-0.1, -0.05) is 57.7 Å². The number of hydrogen-bond acceptors (Lipinski definition) is 5. The minimum Gasteiger partial charge on any atom is -0.341 e. The standard InChI is InChI=1S/C25H31N5OS/c1-17(2)21-9-5-6-10-22(21)30-24(20-8-7-11-26-13-20)27-28-25(30)32-16-23(31)29-14-18(3)12-19(4)15-29/h5-11,13,17-19H,12,14-16H2,1-4H3/t18-,19+. The Labute approximate surface area is 194 Å². The molecule has 7 heteroatoms. The first kappa shape index (κ1) is 22.5. The molecule has 2 atom stereocenters. The molecule has 32 heavy (non-hydrogen) atoms. The highest BCUT2D eigenvalue weighted by atomic mass is 32.2. The maximum atomic E-state index is 13.0. The van der Waals surface area contributed by atoms with Crippen LogP contribution in [0.1, 0.15) is 45.6 Å². The lowest BCUT2D eigenvalue weighted by Crippen LogP contribution is -2.43. The fourth-order valence-electron chi connectivity index (χ4n) is 4.53. The highest BCUT2D eigenvalue weighted by Gasteiger charge is 2.26. The van der Waals surface area contributed by atoms with Crippen molar-refractivity contribution in [2.45, 2.75) is 45.2 Å². The average Bonchev–Trinajstić information content (AvgIpc) is 3.21. The molecule has 3 aromatic rings. The van der Waals surface area contributed by atoms with Gasteiger partial charge < -0.3 is 4.90 Å². The van der Waals surface area contributed by atoms with Gasteiger partial charge in [-0.05, 0) is 47.9 Å². The normalized spacial score (nSPS) is 18.8. The Morgan fingerprint density at radius 2 is 1.84 bits per heavy atom. The molecule has 1 aliphatic rings. The van der Waals surface area contributed by atoms with Gasteiger partial charge in [0.2, 0.25) is 5.91 Å². The Hall–Kier alpha value is -2.67. The second-order valence-electron chi connectivity index (χ2n) is 9.13. The van der Waals surface area contributed by atoms with Crippen molar-refractivity contribution in [3.63, 3.8) is 0 Å². The summed E-state index contributed by atoms with van der Waals surface area (Å²) in [5, 5.41) is 9.72. The zero-order chi connectivity index (χ0) is 22.7. The second-order valence-corrected chi connectivity index (χ2v) is 10.1. The van der Waals surface area contributed by atoms with E-state index in [0.717, 1.165) is 35.3 Å². The highest BCUT2D eigenvalue weighted by Crippen LogP contribution is 2.32. The summed E-state index contributed by atoms with van der Waals surface area (Å²) in [5.74, 6) is 2.70. The molecule has 0 spiro atoms. The van der Waals surface area contributed by atoms with E-state index in [0.29, 0.717) is 23.5 Å². The minimum atomic E-state index is 0.169. The van der Waals surface area contributed by atoms with Crippen molar-refractivity contribution in [1.29, 1.82) is 0 Å². The molecule has 0 unspecified atom stereocenters. The molecule has 1 fully saturated rings. The van der Waals surface area contributed by atoms with Gasteiger partial charge in [0.05, 0.1) is 11.4 Å². The van der Waals surface area contributed by atoms with Crippen LogP contribution in [0.5, 0.6) is 0 Å². The van der Waals surface area contributed by atoms with E-state index in [1.807, 2.05) is 23.1 Å². The fourth-order valence-corrected chi connectivity index (χ4v) is 5.37. The number of nitrogens with zero attached hydrogens (tertiary/aromatic N) is 5. The van der Waals surface area contributed by atoms with E-state index in [9.17, 15) is 4.79 Å². The van der Waals surface area contributed by atoms with Crippen molar-refractivity contribution in [1.82, 2.24) is 24.6 Å². The van der Waals surface area contributed by atoms with Gasteiger partial charge in [0.1, 0.15) is 0 Å². The van der Waals surface area contributed by atoms with Gasteiger partial charge in [-0.2, -0.15) is 0 Å². The number of para-hydroxylation sites is 1. The zero-order valence-electron chi connectivity index (χ0n) is 19.2. The molecule has 1 aromatic carbocycles. The van der Waals surface area contributed by atoms with Gasteiger partial charge in [0, 0.05) is 31.0 Å². The van der Waals surface area contributed by atoms with Crippen LogP contribution in [0.2, 0.25) is 0 Å². The molecule has 0 radical (unpaired) electrons. The van der Waals surface area contributed by atoms with Gasteiger partial charge in [0.15, 0.2) is 11.0 Å². The minimum absolute atomic E-state index is 0.169. The van der Waals surface area contributed by atoms with Gasteiger partial charge in [-0.3, -0.25) is 14.3 Å². The van der Waals surface area contributed by atoms with E-state index in [2.05, 4.69) is 65.6 Å². The molecule has 0 bridgehead atoms. The van der Waals surface area contributed by atoms with E-state index in [1.54, 1.807) is 12.4 Å². The van der Waals surface area contributed by atoms with Crippen LogP contribution in [0.25, 0.3) is 17.1 Å². The lowest BCUT2D eigenvalue weighted by Gasteiger charge is -2.35. The van der Waals surface area contributed by atoms with E-state index in [1.165, 1.54) is 23.7 Å². The second kappa shape index (κ2) is 9.86. The van der Waals surface area contributed by atoms with Crippen molar-refractivity contribution in [3.8, 4) is 17.1 Å². The number of thioether (sulfide) groups is 1. The Balaban J connectivity index is 1.66. The van der Waals surface area contributed by atoms with Crippen molar-refractivity contribution in [2.24, 2.45) is 11.8 Å². The predicted molar refractivity (Wildman–Crippen MR) is 129 cm³/mol. The summed E-state index contributed by atoms with van der Waals surface area (Å²) in [5.41, 5.74) is 3.15. The monoisotopic (exact) mass is 449 g/mol. The van der Waals surface area contributed by atoms with Crippen LogP contribution in [0.15, 0.2) is 53.9 Å². The van der Waals surface area contributed by atoms with Gasteiger partial charge in [-0.15, -0.1) is 10.2 Å². The van der Waals surface area contributed by atoms with E-state index >= 15 is 0 Å². The number of pyridine rings is 1. The van der Waals surface area contributed by atoms with Crippen molar-refractivity contribution in [2.75, 3.05) is 18.8 Å². The van der Waals surface area contributed by atoms with Crippen LogP contribution in [0.4, 0.5) is 0 Å². The molecule has 168 valence electrons. The Kier molecular flexibility index (Phi) is 6.94. The third-order valence-electron chi connectivity index (χ3n) is 5.90. The van der Waals surface area contributed by atoms with Crippen molar-refractivity contribution in [3.05, 3.63) is 54.4 Å². The number of amides is 1. The predicted octanol–water partition coefficient (Wildman–Crippen LogP) is 5.05. The number of likely N-dealkylation sites (tertiary alicyclic amines) is 1. The first-order valence-corrected chi connectivity index (χ1v) is 12.3. The fraction of sp³-hybridized carbons (Fsp3) is 0.440. The number of rotatable bonds is 6. The van der Waals surface area contributed by atoms with Crippen molar-refractivity contribution < 1.29 is 4.79 Å². The first-order valence-electron chi connectivity index (χ1n) is 11.3. The molecule has 3 heterocycles. The molecule has 0 aliphatic carbocycles. The molecular formula is C25H31N5OS.